The van der Waals surface area contributed by atoms with Crippen LogP contribution in [0.5, 0.6) is 5.75 Å². The molecule has 0 unspecified atom stereocenters. The van der Waals surface area contributed by atoms with E-state index in [0.29, 0.717) is 77.5 Å². The first-order valence-electron chi connectivity index (χ1n) is 17.5. The summed E-state index contributed by atoms with van der Waals surface area (Å²) in [5, 5.41) is 11.0. The summed E-state index contributed by atoms with van der Waals surface area (Å²) >= 11 is 1.43. The lowest BCUT2D eigenvalue weighted by atomic mass is 9.71. The summed E-state index contributed by atoms with van der Waals surface area (Å²) in [6, 6.07) is 11.1. The maximum absolute atomic E-state index is 14.7. The summed E-state index contributed by atoms with van der Waals surface area (Å²) in [5.74, 6) is -2.20. The van der Waals surface area contributed by atoms with Crippen LogP contribution in [-0.2, 0) is 24.8 Å². The molecular formula is C39H31F3N6O4S. The highest BCUT2D eigenvalue weighted by Gasteiger charge is 2.65. The molecule has 2 N–H and O–H groups in total. The van der Waals surface area contributed by atoms with Crippen molar-refractivity contribution in [3.8, 4) is 27.6 Å². The number of H-pyrrole nitrogens is 1. The molecule has 5 aliphatic rings. The molecule has 1 spiro atoms. The smallest absolute Gasteiger partial charge is 0.434 e. The molecule has 14 heteroatoms. The van der Waals surface area contributed by atoms with E-state index in [4.69, 9.17) is 19.1 Å². The third-order valence-corrected chi connectivity index (χ3v) is 12.5. The van der Waals surface area contributed by atoms with E-state index in [9.17, 15) is 22.8 Å². The van der Waals surface area contributed by atoms with Crippen molar-refractivity contribution in [3.63, 3.8) is 0 Å². The highest BCUT2D eigenvalue weighted by Crippen LogP contribution is 2.63. The molecule has 11 rings (SSSR count). The minimum Gasteiger partial charge on any atom is -0.493 e. The van der Waals surface area contributed by atoms with Gasteiger partial charge in [-0.05, 0) is 98.2 Å². The Morgan fingerprint density at radius 3 is 2.62 bits per heavy atom. The van der Waals surface area contributed by atoms with E-state index in [0.717, 1.165) is 44.8 Å². The molecule has 6 aromatic rings. The molecule has 2 aliphatic carbocycles. The average Bonchev–Trinajstić information content (AvgIpc) is 3.97. The minimum atomic E-state index is -0.997. The zero-order valence-electron chi connectivity index (χ0n) is 28.6. The summed E-state index contributed by atoms with van der Waals surface area (Å²) in [5.41, 5.74) is 5.28. The third-order valence-electron chi connectivity index (χ3n) is 11.4. The van der Waals surface area contributed by atoms with E-state index < -0.39 is 22.9 Å². The Morgan fingerprint density at radius 2 is 1.87 bits per heavy atom. The Hall–Kier alpha value is -5.50. The molecule has 1 atom stereocenters. The van der Waals surface area contributed by atoms with Crippen molar-refractivity contribution < 1.29 is 27.1 Å². The van der Waals surface area contributed by atoms with Crippen molar-refractivity contribution in [2.45, 2.75) is 57.0 Å². The van der Waals surface area contributed by atoms with Gasteiger partial charge in [-0.3, -0.25) is 9.78 Å². The number of amides is 1. The lowest BCUT2D eigenvalue weighted by Crippen LogP contribution is -2.40. The van der Waals surface area contributed by atoms with Crippen LogP contribution in [0.4, 0.5) is 19.0 Å². The van der Waals surface area contributed by atoms with E-state index in [1.165, 1.54) is 36.6 Å². The molecule has 7 heterocycles. The summed E-state index contributed by atoms with van der Waals surface area (Å²) in [7, 11) is 1.34. The van der Waals surface area contributed by atoms with Gasteiger partial charge >= 0.3 is 5.76 Å². The standard InChI is InChI=1S/C39H31F3N6O4S/c1-17-11-20-12-27(53-33(20)35(43-17)45-25-10-8-22-23(25)13-24(41)31(42)32(22)51-2)29-28(36-46-47-38(50)52-36)26(9-5-18-3-6-21(40)7-4-18)44-34-30(29)37(49)48-16-19-14-39(34,48)15-19/h3-4,6-7,11-13,19,25H,5,8-10,14-16H2,1-2H3,(H,43,45)(H,47,50)/t19?,25-,39?/m1/s1. The van der Waals surface area contributed by atoms with Gasteiger partial charge < -0.3 is 19.4 Å². The second kappa shape index (κ2) is 11.5. The number of halogens is 3. The number of hydrogen-bond donors (Lipinski definition) is 2. The number of anilines is 1. The normalized spacial score (nSPS) is 20.8. The Balaban J connectivity index is 1.15. The van der Waals surface area contributed by atoms with Gasteiger partial charge in [-0.25, -0.2) is 23.7 Å². The van der Waals surface area contributed by atoms with Gasteiger partial charge in [0, 0.05) is 28.2 Å². The molecule has 1 saturated carbocycles. The number of thiophene rings is 1. The molecule has 53 heavy (non-hydrogen) atoms. The fraction of sp³-hybridized carbons (Fsp3) is 0.308. The number of aromatic nitrogens is 4. The Bertz CT molecular complexity index is 2590. The Labute approximate surface area is 304 Å². The topological polar surface area (TPSA) is 126 Å². The second-order valence-corrected chi connectivity index (χ2v) is 15.5. The fourth-order valence-electron chi connectivity index (χ4n) is 9.10. The van der Waals surface area contributed by atoms with Crippen molar-refractivity contribution in [1.82, 2.24) is 25.1 Å². The zero-order chi connectivity index (χ0) is 36.3. The highest BCUT2D eigenvalue weighted by molar-refractivity contribution is 7.23. The minimum absolute atomic E-state index is 0.0223. The maximum atomic E-state index is 14.7. The first kappa shape index (κ1) is 32.2. The van der Waals surface area contributed by atoms with Gasteiger partial charge in [0.1, 0.15) is 11.6 Å². The number of aryl methyl sites for hydroxylation is 3. The molecule has 2 bridgehead atoms. The van der Waals surface area contributed by atoms with Crippen LogP contribution in [-0.4, -0.2) is 44.6 Å². The van der Waals surface area contributed by atoms with Crippen LogP contribution in [0.15, 0.2) is 51.7 Å². The quantitative estimate of drug-likeness (QED) is 0.166. The van der Waals surface area contributed by atoms with E-state index in [1.54, 1.807) is 12.1 Å². The van der Waals surface area contributed by atoms with E-state index in [1.807, 2.05) is 24.0 Å². The molecule has 2 aromatic carbocycles. The van der Waals surface area contributed by atoms with E-state index in [-0.39, 0.29) is 29.4 Å². The molecule has 1 amide bonds. The van der Waals surface area contributed by atoms with Crippen LogP contribution in [0, 0.1) is 30.3 Å². The number of pyridine rings is 2. The maximum Gasteiger partial charge on any atom is 0.434 e. The highest BCUT2D eigenvalue weighted by atomic mass is 32.1. The van der Waals surface area contributed by atoms with E-state index >= 15 is 0 Å². The second-order valence-electron chi connectivity index (χ2n) is 14.4. The molecule has 4 aromatic heterocycles. The van der Waals surface area contributed by atoms with Crippen molar-refractivity contribution >= 4 is 33.1 Å². The summed E-state index contributed by atoms with van der Waals surface area (Å²) in [4.78, 5) is 39.6. The Kier molecular flexibility index (Phi) is 6.98. The molecule has 268 valence electrons. The van der Waals surface area contributed by atoms with Crippen LogP contribution < -0.4 is 15.8 Å². The van der Waals surface area contributed by atoms with Gasteiger partial charge in [-0.2, -0.15) is 4.39 Å². The molecule has 10 nitrogen and oxygen atoms in total. The number of hydrogen-bond acceptors (Lipinski definition) is 9. The number of fused-ring (bicyclic) bond motifs is 3. The third kappa shape index (κ3) is 4.73. The SMILES string of the molecule is COc1c(F)c(F)cc2c1CC[C@H]2Nc1nc(C)cc2cc(-c3c4c(nc(CCc5ccc(F)cc5)c3-c3n[nH]c(=O)o3)C35CC(CN3C4=O)C5)sc12. The molecule has 3 aliphatic heterocycles. The van der Waals surface area contributed by atoms with Crippen molar-refractivity contribution in [2.75, 3.05) is 19.0 Å². The van der Waals surface area contributed by atoms with Gasteiger partial charge in [0.2, 0.25) is 5.82 Å². The average molecular weight is 737 g/mol. The van der Waals surface area contributed by atoms with Crippen molar-refractivity contribution in [3.05, 3.63) is 110 Å². The monoisotopic (exact) mass is 736 g/mol. The summed E-state index contributed by atoms with van der Waals surface area (Å²) in [6.45, 7) is 2.54. The number of carbonyl (C=O) groups is 1. The number of nitrogens with one attached hydrogen (secondary N) is 2. The summed E-state index contributed by atoms with van der Waals surface area (Å²) < 4.78 is 54.7. The van der Waals surface area contributed by atoms with Gasteiger partial charge in [-0.1, -0.05) is 12.1 Å². The predicted molar refractivity (Wildman–Crippen MR) is 191 cm³/mol. The number of nitrogens with zero attached hydrogens (tertiary/aromatic N) is 4. The number of carbonyl (C=O) groups excluding carboxylic acids is 1. The lowest BCUT2D eigenvalue weighted by molar-refractivity contribution is 0.0637. The number of rotatable bonds is 8. The lowest BCUT2D eigenvalue weighted by Gasteiger charge is -2.37. The van der Waals surface area contributed by atoms with Gasteiger partial charge in [0.25, 0.3) is 11.8 Å². The largest absolute Gasteiger partial charge is 0.493 e. The number of benzene rings is 2. The molecule has 0 radical (unpaired) electrons. The van der Waals surface area contributed by atoms with E-state index in [2.05, 4.69) is 15.5 Å². The van der Waals surface area contributed by atoms with Crippen LogP contribution in [0.2, 0.25) is 0 Å². The zero-order valence-corrected chi connectivity index (χ0v) is 29.4. The number of aromatic amines is 1. The molecular weight excluding hydrogens is 706 g/mol. The van der Waals surface area contributed by atoms with Crippen LogP contribution >= 0.6 is 11.3 Å². The van der Waals surface area contributed by atoms with Crippen LogP contribution in [0.1, 0.15) is 69.4 Å². The number of methoxy groups -OCH3 is 1. The molecule has 3 fully saturated rings. The Morgan fingerprint density at radius 1 is 1.06 bits per heavy atom. The number of ether oxygens (including phenoxy) is 1. The first-order valence-corrected chi connectivity index (χ1v) is 18.4. The molecule has 2 saturated heterocycles. The predicted octanol–water partition coefficient (Wildman–Crippen LogP) is 7.40. The fourth-order valence-corrected chi connectivity index (χ4v) is 10.3. The van der Waals surface area contributed by atoms with Crippen LogP contribution in [0.3, 0.4) is 0 Å². The van der Waals surface area contributed by atoms with Gasteiger partial charge in [0.15, 0.2) is 11.6 Å². The first-order chi connectivity index (χ1) is 25.6. The summed E-state index contributed by atoms with van der Waals surface area (Å²) in [6.07, 6.45) is 3.69. The van der Waals surface area contributed by atoms with Gasteiger partial charge in [-0.15, -0.1) is 16.4 Å². The van der Waals surface area contributed by atoms with Gasteiger partial charge in [0.05, 0.1) is 45.9 Å². The van der Waals surface area contributed by atoms with Crippen molar-refractivity contribution in [2.24, 2.45) is 5.92 Å². The van der Waals surface area contributed by atoms with Crippen molar-refractivity contribution in [1.29, 1.82) is 0 Å². The van der Waals surface area contributed by atoms with Crippen LogP contribution in [0.25, 0.3) is 32.0 Å².